The second-order valence-corrected chi connectivity index (χ2v) is 5.45. The predicted octanol–water partition coefficient (Wildman–Crippen LogP) is 2.86. The Morgan fingerprint density at radius 3 is 2.95 bits per heavy atom. The molecule has 2 atom stereocenters. The number of rotatable bonds is 6. The lowest BCUT2D eigenvalue weighted by Crippen LogP contribution is -2.42. The molecule has 2 unspecified atom stereocenters. The van der Waals surface area contributed by atoms with Gasteiger partial charge in [0.05, 0.1) is 0 Å². The van der Waals surface area contributed by atoms with Gasteiger partial charge < -0.3 is 15.2 Å². The molecule has 0 aromatic heterocycles. The van der Waals surface area contributed by atoms with Gasteiger partial charge in [0.25, 0.3) is 0 Å². The highest BCUT2D eigenvalue weighted by atomic mass is 16.5. The fourth-order valence-electron chi connectivity index (χ4n) is 2.92. The van der Waals surface area contributed by atoms with Crippen molar-refractivity contribution < 1.29 is 19.4 Å². The summed E-state index contributed by atoms with van der Waals surface area (Å²) < 4.78 is 4.80. The van der Waals surface area contributed by atoms with E-state index in [1.54, 1.807) is 0 Å². The molecule has 0 radical (unpaired) electrons. The number of fused-ring (bicyclic) bond motifs is 1. The van der Waals surface area contributed by atoms with Crippen LogP contribution in [-0.2, 0) is 16.0 Å². The Balaban J connectivity index is 2.04. The lowest BCUT2D eigenvalue weighted by atomic mass is 9.79. The van der Waals surface area contributed by atoms with E-state index in [2.05, 4.69) is 18.0 Å². The quantitative estimate of drug-likeness (QED) is 0.792. The molecule has 0 bridgehead atoms. The van der Waals surface area contributed by atoms with Gasteiger partial charge in [0.15, 0.2) is 0 Å². The molecule has 1 aliphatic carbocycles. The van der Waals surface area contributed by atoms with Gasteiger partial charge in [-0.15, -0.1) is 0 Å². The van der Waals surface area contributed by atoms with Gasteiger partial charge in [-0.3, -0.25) is 0 Å². The van der Waals surface area contributed by atoms with Crippen LogP contribution in [0.1, 0.15) is 36.3 Å². The zero-order valence-electron chi connectivity index (χ0n) is 12.5. The number of carbonyl (C=O) groups excluding carboxylic acids is 1. The van der Waals surface area contributed by atoms with Crippen molar-refractivity contribution in [3.63, 3.8) is 0 Å². The number of carbonyl (C=O) groups is 2. The molecule has 1 amide bonds. The summed E-state index contributed by atoms with van der Waals surface area (Å²) in [5, 5.41) is 11.8. The maximum atomic E-state index is 11.6. The van der Waals surface area contributed by atoms with Crippen molar-refractivity contribution in [2.75, 3.05) is 6.61 Å². The first-order valence-electron chi connectivity index (χ1n) is 7.46. The fraction of sp³-hybridized carbons (Fsp3) is 0.412. The van der Waals surface area contributed by atoms with Gasteiger partial charge in [0.2, 0.25) is 0 Å². The second-order valence-electron chi connectivity index (χ2n) is 5.45. The van der Waals surface area contributed by atoms with Crippen LogP contribution in [0.15, 0.2) is 36.9 Å². The second kappa shape index (κ2) is 7.64. The zero-order valence-corrected chi connectivity index (χ0v) is 12.5. The Kier molecular flexibility index (Phi) is 5.58. The molecule has 5 heteroatoms. The molecule has 0 spiro atoms. The van der Waals surface area contributed by atoms with E-state index in [1.807, 2.05) is 18.2 Å². The van der Waals surface area contributed by atoms with Gasteiger partial charge in [-0.25, -0.2) is 9.59 Å². The summed E-state index contributed by atoms with van der Waals surface area (Å²) in [4.78, 5) is 23.0. The summed E-state index contributed by atoms with van der Waals surface area (Å²) in [6.07, 6.45) is 4.08. The Bertz CT molecular complexity index is 555. The maximum Gasteiger partial charge on any atom is 0.408 e. The highest BCUT2D eigenvalue weighted by molar-refractivity contribution is 5.80. The topological polar surface area (TPSA) is 75.6 Å². The van der Waals surface area contributed by atoms with Crippen LogP contribution >= 0.6 is 0 Å². The molecule has 0 saturated carbocycles. The van der Waals surface area contributed by atoms with E-state index in [4.69, 9.17) is 4.74 Å². The molecule has 0 heterocycles. The van der Waals surface area contributed by atoms with Gasteiger partial charge in [0.1, 0.15) is 12.6 Å². The Morgan fingerprint density at radius 1 is 1.45 bits per heavy atom. The van der Waals surface area contributed by atoms with Crippen molar-refractivity contribution in [1.29, 1.82) is 0 Å². The average Bonchev–Trinajstić information content (AvgIpc) is 2.52. The molecular weight excluding hydrogens is 282 g/mol. The van der Waals surface area contributed by atoms with Crippen LogP contribution in [0.2, 0.25) is 0 Å². The lowest BCUT2D eigenvalue weighted by Gasteiger charge is -2.27. The van der Waals surface area contributed by atoms with E-state index in [-0.39, 0.29) is 12.5 Å². The van der Waals surface area contributed by atoms with Crippen LogP contribution in [0.5, 0.6) is 0 Å². The first kappa shape index (κ1) is 16.1. The van der Waals surface area contributed by atoms with Crippen LogP contribution in [0, 0.1) is 0 Å². The van der Waals surface area contributed by atoms with Crippen molar-refractivity contribution >= 4 is 12.1 Å². The minimum absolute atomic E-state index is 0.0600. The molecule has 0 saturated heterocycles. The standard InChI is InChI=1S/C17H21NO4/c1-2-10-22-17(21)18-15(16(19)20)11-13-8-5-7-12-6-3-4-9-14(12)13/h2-4,6,9,13,15H,1,5,7-8,10-11H2,(H,18,21)(H,19,20). The molecule has 0 fully saturated rings. The smallest absolute Gasteiger partial charge is 0.408 e. The molecule has 2 rings (SSSR count). The number of aryl methyl sites for hydroxylation is 1. The maximum absolute atomic E-state index is 11.6. The van der Waals surface area contributed by atoms with Crippen LogP contribution in [0.4, 0.5) is 4.79 Å². The van der Waals surface area contributed by atoms with Gasteiger partial charge in [-0.05, 0) is 42.7 Å². The fourth-order valence-corrected chi connectivity index (χ4v) is 2.92. The predicted molar refractivity (Wildman–Crippen MR) is 82.8 cm³/mol. The average molecular weight is 303 g/mol. The van der Waals surface area contributed by atoms with Crippen LogP contribution in [-0.4, -0.2) is 29.8 Å². The van der Waals surface area contributed by atoms with E-state index in [1.165, 1.54) is 17.2 Å². The monoisotopic (exact) mass is 303 g/mol. The molecule has 5 nitrogen and oxygen atoms in total. The van der Waals surface area contributed by atoms with Crippen molar-refractivity contribution in [3.8, 4) is 0 Å². The van der Waals surface area contributed by atoms with Crippen molar-refractivity contribution in [2.24, 2.45) is 0 Å². The molecular formula is C17H21NO4. The number of carboxylic acids is 1. The Hall–Kier alpha value is -2.30. The molecule has 1 aromatic carbocycles. The Labute approximate surface area is 130 Å². The third-order valence-corrected chi connectivity index (χ3v) is 3.94. The molecule has 1 aliphatic rings. The highest BCUT2D eigenvalue weighted by Crippen LogP contribution is 2.34. The van der Waals surface area contributed by atoms with E-state index >= 15 is 0 Å². The number of hydrogen-bond donors (Lipinski definition) is 2. The summed E-state index contributed by atoms with van der Waals surface area (Å²) in [5.74, 6) is -0.899. The van der Waals surface area contributed by atoms with Crippen LogP contribution in [0.25, 0.3) is 0 Å². The number of hydrogen-bond acceptors (Lipinski definition) is 3. The van der Waals surface area contributed by atoms with Crippen LogP contribution in [0.3, 0.4) is 0 Å². The molecule has 2 N–H and O–H groups in total. The van der Waals surface area contributed by atoms with Crippen LogP contribution < -0.4 is 5.32 Å². The summed E-state index contributed by atoms with van der Waals surface area (Å²) in [6.45, 7) is 3.50. The van der Waals surface area contributed by atoms with E-state index < -0.39 is 18.1 Å². The first-order chi connectivity index (χ1) is 10.6. The molecule has 0 aliphatic heterocycles. The summed E-state index contributed by atoms with van der Waals surface area (Å²) in [5.41, 5.74) is 2.47. The van der Waals surface area contributed by atoms with Gasteiger partial charge in [-0.2, -0.15) is 0 Å². The summed E-state index contributed by atoms with van der Waals surface area (Å²) >= 11 is 0. The minimum Gasteiger partial charge on any atom is -0.480 e. The SMILES string of the molecule is C=CCOC(=O)NC(CC1CCCc2ccccc21)C(=O)O. The molecule has 22 heavy (non-hydrogen) atoms. The number of amides is 1. The third-order valence-electron chi connectivity index (χ3n) is 3.94. The van der Waals surface area contributed by atoms with E-state index in [9.17, 15) is 14.7 Å². The highest BCUT2D eigenvalue weighted by Gasteiger charge is 2.28. The summed E-state index contributed by atoms with van der Waals surface area (Å²) in [7, 11) is 0. The van der Waals surface area contributed by atoms with Gasteiger partial charge in [0, 0.05) is 0 Å². The third kappa shape index (κ3) is 4.10. The van der Waals surface area contributed by atoms with Gasteiger partial charge in [-0.1, -0.05) is 36.9 Å². The van der Waals surface area contributed by atoms with Crippen molar-refractivity contribution in [3.05, 3.63) is 48.0 Å². The number of benzene rings is 1. The number of ether oxygens (including phenoxy) is 1. The van der Waals surface area contributed by atoms with Crippen molar-refractivity contribution in [1.82, 2.24) is 5.32 Å². The number of aliphatic carboxylic acids is 1. The van der Waals surface area contributed by atoms with E-state index in [0.29, 0.717) is 6.42 Å². The molecule has 1 aromatic rings. The largest absolute Gasteiger partial charge is 0.480 e. The van der Waals surface area contributed by atoms with Crippen molar-refractivity contribution in [2.45, 2.75) is 37.6 Å². The number of carboxylic acid groups (broad SMARTS) is 1. The van der Waals surface area contributed by atoms with Gasteiger partial charge >= 0.3 is 12.1 Å². The zero-order chi connectivity index (χ0) is 15.9. The first-order valence-corrected chi connectivity index (χ1v) is 7.46. The Morgan fingerprint density at radius 2 is 2.23 bits per heavy atom. The normalized spacial score (nSPS) is 17.9. The minimum atomic E-state index is -1.04. The summed E-state index contributed by atoms with van der Waals surface area (Å²) in [6, 6.07) is 7.16. The number of alkyl carbamates (subject to hydrolysis) is 1. The number of nitrogens with one attached hydrogen (secondary N) is 1. The van der Waals surface area contributed by atoms with E-state index in [0.717, 1.165) is 19.3 Å². The lowest BCUT2D eigenvalue weighted by molar-refractivity contribution is -0.139. The molecule has 118 valence electrons.